The van der Waals surface area contributed by atoms with Crippen LogP contribution >= 0.6 is 0 Å². The Hall–Kier alpha value is -3.17. The summed E-state index contributed by atoms with van der Waals surface area (Å²) >= 11 is 0. The quantitative estimate of drug-likeness (QED) is 0.586. The van der Waals surface area contributed by atoms with Crippen LogP contribution in [0.5, 0.6) is 5.75 Å². The van der Waals surface area contributed by atoms with Crippen LogP contribution in [0.3, 0.4) is 0 Å². The molecule has 32 heavy (non-hydrogen) atoms. The molecule has 1 aliphatic heterocycles. The fourth-order valence-corrected chi connectivity index (χ4v) is 4.95. The minimum Gasteiger partial charge on any atom is -0.494 e. The SMILES string of the molecule is CCOc1ccc(S(=O)(=O)N2CCN(c3ccc(Nc4ccc(C)cc4)nn3)CC2)cc1. The molecule has 0 unspecified atom stereocenters. The van der Waals surface area contributed by atoms with Crippen LogP contribution < -0.4 is 15.0 Å². The highest BCUT2D eigenvalue weighted by molar-refractivity contribution is 7.89. The molecule has 9 heteroatoms. The lowest BCUT2D eigenvalue weighted by molar-refractivity contribution is 0.340. The van der Waals surface area contributed by atoms with Crippen molar-refractivity contribution < 1.29 is 13.2 Å². The largest absolute Gasteiger partial charge is 0.494 e. The molecular weight excluding hydrogens is 426 g/mol. The molecule has 3 aromatic rings. The van der Waals surface area contributed by atoms with Crippen LogP contribution in [0.15, 0.2) is 65.6 Å². The molecule has 168 valence electrons. The standard InChI is InChI=1S/C23H27N5O3S/c1-3-31-20-8-10-21(11-9-20)32(29,30)28-16-14-27(15-17-28)23-13-12-22(25-26-23)24-19-6-4-18(2)5-7-19/h4-13H,3,14-17H2,1-2H3,(H,24,25). The van der Waals surface area contributed by atoms with Crippen LogP contribution in [0.4, 0.5) is 17.3 Å². The van der Waals surface area contributed by atoms with Gasteiger partial charge in [0.25, 0.3) is 0 Å². The molecular formula is C23H27N5O3S. The lowest BCUT2D eigenvalue weighted by atomic mass is 10.2. The average molecular weight is 454 g/mol. The first-order valence-electron chi connectivity index (χ1n) is 10.6. The summed E-state index contributed by atoms with van der Waals surface area (Å²) in [5.41, 5.74) is 2.14. The van der Waals surface area contributed by atoms with Crippen LogP contribution in [0.25, 0.3) is 0 Å². The zero-order chi connectivity index (χ0) is 22.6. The van der Waals surface area contributed by atoms with Crippen LogP contribution in [-0.2, 0) is 10.0 Å². The molecule has 0 saturated carbocycles. The Kier molecular flexibility index (Phi) is 6.57. The highest BCUT2D eigenvalue weighted by atomic mass is 32.2. The van der Waals surface area contributed by atoms with Crippen molar-refractivity contribution in [1.29, 1.82) is 0 Å². The molecule has 0 amide bonds. The summed E-state index contributed by atoms with van der Waals surface area (Å²) in [4.78, 5) is 2.33. The van der Waals surface area contributed by atoms with E-state index in [2.05, 4.69) is 15.5 Å². The van der Waals surface area contributed by atoms with E-state index in [1.165, 1.54) is 9.87 Å². The van der Waals surface area contributed by atoms with Gasteiger partial charge in [0.15, 0.2) is 11.6 Å². The van der Waals surface area contributed by atoms with Gasteiger partial charge in [-0.3, -0.25) is 0 Å². The molecule has 0 atom stereocenters. The fraction of sp³-hybridized carbons (Fsp3) is 0.304. The summed E-state index contributed by atoms with van der Waals surface area (Å²) in [6.45, 7) is 6.36. The smallest absolute Gasteiger partial charge is 0.243 e. The van der Waals surface area contributed by atoms with E-state index in [9.17, 15) is 8.42 Å². The normalized spacial score (nSPS) is 14.9. The summed E-state index contributed by atoms with van der Waals surface area (Å²) in [6, 6.07) is 18.4. The Morgan fingerprint density at radius 1 is 0.906 bits per heavy atom. The third kappa shape index (κ3) is 5.00. The molecule has 0 bridgehead atoms. The van der Waals surface area contributed by atoms with Crippen molar-refractivity contribution in [2.24, 2.45) is 0 Å². The number of ether oxygens (including phenoxy) is 1. The Labute approximate surface area is 188 Å². The Balaban J connectivity index is 1.36. The second-order valence-electron chi connectivity index (χ2n) is 7.56. The minimum absolute atomic E-state index is 0.278. The number of nitrogens with one attached hydrogen (secondary N) is 1. The number of hydrogen-bond acceptors (Lipinski definition) is 7. The van der Waals surface area contributed by atoms with Gasteiger partial charge in [-0.15, -0.1) is 10.2 Å². The zero-order valence-electron chi connectivity index (χ0n) is 18.2. The molecule has 1 aliphatic rings. The van der Waals surface area contributed by atoms with E-state index < -0.39 is 10.0 Å². The van der Waals surface area contributed by atoms with Gasteiger partial charge < -0.3 is 15.0 Å². The lowest BCUT2D eigenvalue weighted by Gasteiger charge is -2.34. The molecule has 0 spiro atoms. The van der Waals surface area contributed by atoms with Gasteiger partial charge in [-0.25, -0.2) is 8.42 Å². The van der Waals surface area contributed by atoms with E-state index in [0.29, 0.717) is 44.4 Å². The van der Waals surface area contributed by atoms with Gasteiger partial charge >= 0.3 is 0 Å². The predicted octanol–water partition coefficient (Wildman–Crippen LogP) is 3.44. The molecule has 0 aliphatic carbocycles. The number of piperazine rings is 1. The Bertz CT molecular complexity index is 1130. The number of sulfonamides is 1. The van der Waals surface area contributed by atoms with Crippen molar-refractivity contribution in [2.45, 2.75) is 18.7 Å². The van der Waals surface area contributed by atoms with Gasteiger partial charge in [0.05, 0.1) is 11.5 Å². The van der Waals surface area contributed by atoms with E-state index in [4.69, 9.17) is 4.74 Å². The minimum atomic E-state index is -3.54. The highest BCUT2D eigenvalue weighted by Gasteiger charge is 2.29. The molecule has 1 fully saturated rings. The lowest BCUT2D eigenvalue weighted by Crippen LogP contribution is -2.48. The van der Waals surface area contributed by atoms with Gasteiger partial charge in [-0.2, -0.15) is 4.31 Å². The van der Waals surface area contributed by atoms with Crippen LogP contribution in [-0.4, -0.2) is 55.7 Å². The number of hydrogen-bond donors (Lipinski definition) is 1. The van der Waals surface area contributed by atoms with Gasteiger partial charge in [0.2, 0.25) is 10.0 Å². The first kappa shape index (κ1) is 22.0. The first-order valence-corrected chi connectivity index (χ1v) is 12.0. The average Bonchev–Trinajstić information content (AvgIpc) is 2.82. The molecule has 2 aromatic carbocycles. The number of benzene rings is 2. The summed E-state index contributed by atoms with van der Waals surface area (Å²) < 4.78 is 32.8. The van der Waals surface area contributed by atoms with Crippen molar-refractivity contribution in [3.63, 3.8) is 0 Å². The van der Waals surface area contributed by atoms with Crippen LogP contribution in [0.1, 0.15) is 12.5 Å². The number of anilines is 3. The van der Waals surface area contributed by atoms with Crippen molar-refractivity contribution in [2.75, 3.05) is 43.0 Å². The van der Waals surface area contributed by atoms with Crippen LogP contribution in [0.2, 0.25) is 0 Å². The number of aromatic nitrogens is 2. The summed E-state index contributed by atoms with van der Waals surface area (Å²) in [5, 5.41) is 11.8. The number of aryl methyl sites for hydroxylation is 1. The second-order valence-corrected chi connectivity index (χ2v) is 9.50. The fourth-order valence-electron chi connectivity index (χ4n) is 3.53. The summed E-state index contributed by atoms with van der Waals surface area (Å²) in [7, 11) is -3.54. The molecule has 8 nitrogen and oxygen atoms in total. The van der Waals surface area contributed by atoms with Crippen LogP contribution in [0, 0.1) is 6.92 Å². The second kappa shape index (κ2) is 9.54. The Morgan fingerprint density at radius 3 is 2.19 bits per heavy atom. The monoisotopic (exact) mass is 453 g/mol. The summed E-state index contributed by atoms with van der Waals surface area (Å²) in [6.07, 6.45) is 0. The van der Waals surface area contributed by atoms with Crippen molar-refractivity contribution in [1.82, 2.24) is 14.5 Å². The summed E-state index contributed by atoms with van der Waals surface area (Å²) in [5.74, 6) is 2.06. The molecule has 1 saturated heterocycles. The number of rotatable bonds is 7. The maximum Gasteiger partial charge on any atom is 0.243 e. The van der Waals surface area contributed by atoms with Crippen molar-refractivity contribution in [3.8, 4) is 5.75 Å². The van der Waals surface area contributed by atoms with E-state index >= 15 is 0 Å². The predicted molar refractivity (Wildman–Crippen MR) is 125 cm³/mol. The maximum atomic E-state index is 13.0. The topological polar surface area (TPSA) is 87.7 Å². The van der Waals surface area contributed by atoms with Gasteiger partial charge in [-0.05, 0) is 62.4 Å². The van der Waals surface area contributed by atoms with E-state index in [0.717, 1.165) is 11.5 Å². The van der Waals surface area contributed by atoms with Gasteiger partial charge in [0.1, 0.15) is 5.75 Å². The third-order valence-electron chi connectivity index (χ3n) is 5.31. The van der Waals surface area contributed by atoms with E-state index in [-0.39, 0.29) is 4.90 Å². The van der Waals surface area contributed by atoms with E-state index in [1.54, 1.807) is 24.3 Å². The third-order valence-corrected chi connectivity index (χ3v) is 7.22. The zero-order valence-corrected chi connectivity index (χ0v) is 19.0. The Morgan fingerprint density at radius 2 is 1.59 bits per heavy atom. The molecule has 2 heterocycles. The van der Waals surface area contributed by atoms with Gasteiger partial charge in [-0.1, -0.05) is 17.7 Å². The van der Waals surface area contributed by atoms with Crippen molar-refractivity contribution >= 4 is 27.3 Å². The molecule has 1 N–H and O–H groups in total. The van der Waals surface area contributed by atoms with Gasteiger partial charge in [0, 0.05) is 31.9 Å². The van der Waals surface area contributed by atoms with Crippen molar-refractivity contribution in [3.05, 3.63) is 66.2 Å². The molecule has 0 radical (unpaired) electrons. The number of nitrogens with zero attached hydrogens (tertiary/aromatic N) is 4. The molecule has 1 aromatic heterocycles. The maximum absolute atomic E-state index is 13.0. The highest BCUT2D eigenvalue weighted by Crippen LogP contribution is 2.23. The molecule has 4 rings (SSSR count). The first-order chi connectivity index (χ1) is 15.5. The van der Waals surface area contributed by atoms with E-state index in [1.807, 2.05) is 55.1 Å².